The van der Waals surface area contributed by atoms with E-state index >= 15 is 0 Å². The second-order valence-electron chi connectivity index (χ2n) is 2.81. The summed E-state index contributed by atoms with van der Waals surface area (Å²) in [4.78, 5) is 0.877. The number of hydrogen-bond donors (Lipinski definition) is 1. The molecule has 0 aliphatic rings. The molecule has 0 N–H and O–H groups in total. The molecular weight excluding hydrogens is 280 g/mol. The van der Waals surface area contributed by atoms with Gasteiger partial charge in [-0.15, -0.1) is 24.0 Å². The van der Waals surface area contributed by atoms with Gasteiger partial charge in [-0.05, 0) is 45.8 Å². The topological polar surface area (TPSA) is 9.23 Å². The molecule has 1 aromatic heterocycles. The monoisotopic (exact) mass is 288 g/mol. The maximum atomic E-state index is 5.59. The van der Waals surface area contributed by atoms with Gasteiger partial charge in [0.05, 0.1) is 16.2 Å². The third kappa shape index (κ3) is 1.66. The van der Waals surface area contributed by atoms with Crippen molar-refractivity contribution in [3.05, 3.63) is 22.0 Å². The summed E-state index contributed by atoms with van der Waals surface area (Å²) in [6.07, 6.45) is 0. The molecule has 0 aliphatic heterocycles. The van der Waals surface area contributed by atoms with Crippen LogP contribution in [0, 0.1) is 0 Å². The van der Waals surface area contributed by atoms with E-state index in [9.17, 15) is 0 Å². The van der Waals surface area contributed by atoms with Gasteiger partial charge in [0.1, 0.15) is 0 Å². The lowest BCUT2D eigenvalue weighted by Crippen LogP contribution is -1.93. The number of halogens is 1. The minimum absolute atomic E-state index is 0.664. The Bertz CT molecular complexity index is 464. The molecule has 0 radical (unpaired) electrons. The Kier molecular flexibility index (Phi) is 3.04. The predicted molar refractivity (Wildman–Crippen MR) is 67.9 cm³/mol. The zero-order chi connectivity index (χ0) is 10.1. The third-order valence-electron chi connectivity index (χ3n) is 1.91. The van der Waals surface area contributed by atoms with E-state index in [1.54, 1.807) is 11.3 Å². The summed E-state index contributed by atoms with van der Waals surface area (Å²) in [5.41, 5.74) is 0. The smallest absolute Gasteiger partial charge is 0.151 e. The first-order valence-electron chi connectivity index (χ1n) is 4.25. The lowest BCUT2D eigenvalue weighted by Gasteiger charge is -2.09. The molecule has 0 bridgehead atoms. The zero-order valence-electron chi connectivity index (χ0n) is 7.58. The van der Waals surface area contributed by atoms with Gasteiger partial charge in [0.2, 0.25) is 0 Å². The van der Waals surface area contributed by atoms with Crippen molar-refractivity contribution in [2.45, 2.75) is 11.8 Å². The molecule has 0 atom stereocenters. The van der Waals surface area contributed by atoms with Gasteiger partial charge in [0.25, 0.3) is 0 Å². The number of rotatable bonds is 2. The molecule has 0 unspecified atom stereocenters. The molecule has 2 rings (SSSR count). The van der Waals surface area contributed by atoms with Crippen molar-refractivity contribution in [2.75, 3.05) is 6.61 Å². The fourth-order valence-electron chi connectivity index (χ4n) is 1.32. The fraction of sp³-hybridized carbons (Fsp3) is 0.200. The van der Waals surface area contributed by atoms with Crippen molar-refractivity contribution in [1.82, 2.24) is 0 Å². The van der Waals surface area contributed by atoms with E-state index in [0.717, 1.165) is 15.1 Å². The molecule has 2 aromatic rings. The van der Waals surface area contributed by atoms with Crippen LogP contribution >= 0.6 is 39.9 Å². The summed E-state index contributed by atoms with van der Waals surface area (Å²) >= 11 is 9.58. The Morgan fingerprint density at radius 2 is 2.36 bits per heavy atom. The van der Waals surface area contributed by atoms with Crippen LogP contribution in [0.2, 0.25) is 0 Å². The maximum absolute atomic E-state index is 5.59. The van der Waals surface area contributed by atoms with Crippen molar-refractivity contribution in [1.29, 1.82) is 0 Å². The number of benzene rings is 1. The second-order valence-corrected chi connectivity index (χ2v) is 5.03. The predicted octanol–water partition coefficient (Wildman–Crippen LogP) is 4.35. The van der Waals surface area contributed by atoms with Crippen LogP contribution in [0.25, 0.3) is 10.1 Å². The quantitative estimate of drug-likeness (QED) is 0.809. The van der Waals surface area contributed by atoms with Crippen LogP contribution < -0.4 is 4.74 Å². The molecule has 0 saturated carbocycles. The van der Waals surface area contributed by atoms with Gasteiger partial charge >= 0.3 is 0 Å². The van der Waals surface area contributed by atoms with Crippen LogP contribution in [0.3, 0.4) is 0 Å². The molecule has 4 heteroatoms. The number of thiol groups is 1. The van der Waals surface area contributed by atoms with Crippen LogP contribution in [0.1, 0.15) is 6.92 Å². The first kappa shape index (κ1) is 10.3. The summed E-state index contributed by atoms with van der Waals surface area (Å²) in [7, 11) is 0. The summed E-state index contributed by atoms with van der Waals surface area (Å²) in [5.74, 6) is 0.884. The lowest BCUT2D eigenvalue weighted by atomic mass is 10.2. The van der Waals surface area contributed by atoms with Crippen LogP contribution in [0.15, 0.2) is 26.9 Å². The minimum Gasteiger partial charge on any atom is -0.491 e. The van der Waals surface area contributed by atoms with E-state index in [1.807, 2.05) is 6.92 Å². The number of fused-ring (bicyclic) bond motifs is 1. The van der Waals surface area contributed by atoms with Gasteiger partial charge in [-0.25, -0.2) is 0 Å². The molecule has 1 aromatic carbocycles. The van der Waals surface area contributed by atoms with Crippen LogP contribution in [0.4, 0.5) is 0 Å². The highest BCUT2D eigenvalue weighted by Gasteiger charge is 2.11. The van der Waals surface area contributed by atoms with Crippen LogP contribution in [0.5, 0.6) is 5.75 Å². The first-order chi connectivity index (χ1) is 6.74. The van der Waals surface area contributed by atoms with Crippen LogP contribution in [-0.4, -0.2) is 6.61 Å². The molecule has 14 heavy (non-hydrogen) atoms. The summed E-state index contributed by atoms with van der Waals surface area (Å²) in [6.45, 7) is 2.64. The molecular formula is C10H9BrOS2. The van der Waals surface area contributed by atoms with Crippen molar-refractivity contribution in [3.63, 3.8) is 0 Å². The van der Waals surface area contributed by atoms with E-state index in [2.05, 4.69) is 46.1 Å². The second kappa shape index (κ2) is 4.13. The van der Waals surface area contributed by atoms with E-state index in [1.165, 1.54) is 10.1 Å². The maximum Gasteiger partial charge on any atom is 0.151 e. The normalized spacial score (nSPS) is 10.8. The van der Waals surface area contributed by atoms with Crippen molar-refractivity contribution < 1.29 is 4.74 Å². The Morgan fingerprint density at radius 3 is 3.07 bits per heavy atom. The van der Waals surface area contributed by atoms with Crippen molar-refractivity contribution in [3.8, 4) is 5.75 Å². The van der Waals surface area contributed by atoms with Crippen molar-refractivity contribution >= 4 is 50.0 Å². The standard InChI is InChI=1S/C10H9BrOS2/c1-2-12-8-9(13)7(11)5-6-3-4-14-10(6)8/h3-5,13H,2H2,1H3. The molecule has 0 fully saturated rings. The molecule has 0 saturated heterocycles. The Morgan fingerprint density at radius 1 is 1.57 bits per heavy atom. The van der Waals surface area contributed by atoms with E-state index in [0.29, 0.717) is 6.61 Å². The van der Waals surface area contributed by atoms with Gasteiger partial charge in [-0.1, -0.05) is 0 Å². The lowest BCUT2D eigenvalue weighted by molar-refractivity contribution is 0.337. The van der Waals surface area contributed by atoms with E-state index < -0.39 is 0 Å². The Labute approximate surface area is 101 Å². The molecule has 0 aliphatic carbocycles. The molecule has 74 valence electrons. The Hall–Kier alpha value is -0.190. The molecule has 1 nitrogen and oxygen atoms in total. The number of thiophene rings is 1. The number of ether oxygens (including phenoxy) is 1. The third-order valence-corrected chi connectivity index (χ3v) is 4.22. The molecule has 0 spiro atoms. The van der Waals surface area contributed by atoms with Gasteiger partial charge in [-0.2, -0.15) is 0 Å². The average molecular weight is 289 g/mol. The molecule has 0 amide bonds. The van der Waals surface area contributed by atoms with E-state index in [4.69, 9.17) is 4.74 Å². The summed E-state index contributed by atoms with van der Waals surface area (Å²) < 4.78 is 7.74. The summed E-state index contributed by atoms with van der Waals surface area (Å²) in [6, 6.07) is 4.15. The van der Waals surface area contributed by atoms with Gasteiger partial charge in [0.15, 0.2) is 5.75 Å². The number of hydrogen-bond acceptors (Lipinski definition) is 3. The van der Waals surface area contributed by atoms with Gasteiger partial charge in [0, 0.05) is 4.47 Å². The zero-order valence-corrected chi connectivity index (χ0v) is 10.9. The highest BCUT2D eigenvalue weighted by molar-refractivity contribution is 9.10. The highest BCUT2D eigenvalue weighted by Crippen LogP contribution is 2.40. The minimum atomic E-state index is 0.664. The van der Waals surface area contributed by atoms with Gasteiger partial charge < -0.3 is 4.74 Å². The first-order valence-corrected chi connectivity index (χ1v) is 6.37. The highest BCUT2D eigenvalue weighted by atomic mass is 79.9. The van der Waals surface area contributed by atoms with Crippen LogP contribution in [-0.2, 0) is 0 Å². The van der Waals surface area contributed by atoms with E-state index in [-0.39, 0.29) is 0 Å². The SMILES string of the molecule is CCOc1c(S)c(Br)cc2ccsc12. The Balaban J connectivity index is 2.73. The fourth-order valence-corrected chi connectivity index (χ4v) is 2.94. The average Bonchev–Trinajstić information content (AvgIpc) is 2.60. The summed E-state index contributed by atoms with van der Waals surface area (Å²) in [5, 5.41) is 3.26. The largest absolute Gasteiger partial charge is 0.491 e. The van der Waals surface area contributed by atoms with Crippen molar-refractivity contribution in [2.24, 2.45) is 0 Å². The van der Waals surface area contributed by atoms with Gasteiger partial charge in [-0.3, -0.25) is 0 Å². The molecule has 1 heterocycles.